The van der Waals surface area contributed by atoms with Crippen LogP contribution in [-0.2, 0) is 18.4 Å². The SMILES string of the molecule is Cc1nn(C)c(C)c1C1=CC2CCCC(C1)N2C(=O)OCc1ccccc1. The lowest BCUT2D eigenvalue weighted by Gasteiger charge is -2.44. The van der Waals surface area contributed by atoms with E-state index in [9.17, 15) is 4.79 Å². The number of aromatic nitrogens is 2. The number of rotatable bonds is 3. The van der Waals surface area contributed by atoms with E-state index in [0.717, 1.165) is 36.9 Å². The molecule has 142 valence electrons. The van der Waals surface area contributed by atoms with Crippen molar-refractivity contribution in [3.05, 3.63) is 58.9 Å². The minimum Gasteiger partial charge on any atom is -0.445 e. The van der Waals surface area contributed by atoms with Gasteiger partial charge >= 0.3 is 6.09 Å². The van der Waals surface area contributed by atoms with Gasteiger partial charge in [-0.05, 0) is 50.7 Å². The molecule has 0 aliphatic carbocycles. The molecule has 1 fully saturated rings. The molecule has 2 atom stereocenters. The van der Waals surface area contributed by atoms with Crippen molar-refractivity contribution in [2.45, 2.75) is 58.2 Å². The molecule has 1 amide bonds. The number of carbonyl (C=O) groups is 1. The first-order valence-corrected chi connectivity index (χ1v) is 9.75. The van der Waals surface area contributed by atoms with E-state index in [0.29, 0.717) is 6.61 Å². The first-order chi connectivity index (χ1) is 13.0. The zero-order valence-electron chi connectivity index (χ0n) is 16.3. The maximum atomic E-state index is 12.8. The molecular weight excluding hydrogens is 338 g/mol. The molecule has 5 heteroatoms. The van der Waals surface area contributed by atoms with E-state index in [-0.39, 0.29) is 18.2 Å². The van der Waals surface area contributed by atoms with Gasteiger partial charge < -0.3 is 4.74 Å². The molecule has 0 radical (unpaired) electrons. The maximum absolute atomic E-state index is 12.8. The van der Waals surface area contributed by atoms with Crippen LogP contribution >= 0.6 is 0 Å². The molecule has 4 rings (SSSR count). The van der Waals surface area contributed by atoms with Crippen molar-refractivity contribution in [1.29, 1.82) is 0 Å². The average molecular weight is 365 g/mol. The topological polar surface area (TPSA) is 47.4 Å². The van der Waals surface area contributed by atoms with Crippen molar-refractivity contribution in [1.82, 2.24) is 14.7 Å². The van der Waals surface area contributed by atoms with E-state index >= 15 is 0 Å². The van der Waals surface area contributed by atoms with Crippen LogP contribution in [0.5, 0.6) is 0 Å². The summed E-state index contributed by atoms with van der Waals surface area (Å²) in [4.78, 5) is 14.8. The molecule has 2 aliphatic rings. The van der Waals surface area contributed by atoms with Gasteiger partial charge in [-0.15, -0.1) is 0 Å². The highest BCUT2D eigenvalue weighted by molar-refractivity contribution is 5.76. The van der Waals surface area contributed by atoms with Gasteiger partial charge in [0, 0.05) is 24.3 Å². The molecule has 5 nitrogen and oxygen atoms in total. The van der Waals surface area contributed by atoms with Crippen LogP contribution in [0, 0.1) is 13.8 Å². The second-order valence-corrected chi connectivity index (χ2v) is 7.66. The lowest BCUT2D eigenvalue weighted by molar-refractivity contribution is 0.0510. The van der Waals surface area contributed by atoms with Gasteiger partial charge in [0.05, 0.1) is 11.7 Å². The number of fused-ring (bicyclic) bond motifs is 2. The highest BCUT2D eigenvalue weighted by atomic mass is 16.6. The normalized spacial score (nSPS) is 21.7. The summed E-state index contributed by atoms with van der Waals surface area (Å²) in [6.07, 6.45) is 6.15. The molecule has 27 heavy (non-hydrogen) atoms. The first kappa shape index (κ1) is 17.8. The van der Waals surface area contributed by atoms with Crippen LogP contribution in [0.3, 0.4) is 0 Å². The molecule has 2 aromatic rings. The fraction of sp³-hybridized carbons (Fsp3) is 0.455. The van der Waals surface area contributed by atoms with Gasteiger partial charge in [-0.2, -0.15) is 5.10 Å². The third-order valence-electron chi connectivity index (χ3n) is 5.88. The summed E-state index contributed by atoms with van der Waals surface area (Å²) in [6.45, 7) is 4.51. The summed E-state index contributed by atoms with van der Waals surface area (Å²) in [6, 6.07) is 10.2. The average Bonchev–Trinajstić information content (AvgIpc) is 2.91. The third kappa shape index (κ3) is 3.38. The molecule has 2 bridgehead atoms. The fourth-order valence-electron chi connectivity index (χ4n) is 4.53. The van der Waals surface area contributed by atoms with Crippen LogP contribution in [0.1, 0.15) is 48.2 Å². The molecule has 0 spiro atoms. The smallest absolute Gasteiger partial charge is 0.410 e. The van der Waals surface area contributed by atoms with E-state index in [4.69, 9.17) is 4.74 Å². The minimum atomic E-state index is -0.191. The van der Waals surface area contributed by atoms with Gasteiger partial charge in [-0.25, -0.2) is 4.79 Å². The van der Waals surface area contributed by atoms with Gasteiger partial charge in [-0.3, -0.25) is 9.58 Å². The van der Waals surface area contributed by atoms with E-state index < -0.39 is 0 Å². The Bertz CT molecular complexity index is 869. The first-order valence-electron chi connectivity index (χ1n) is 9.75. The van der Waals surface area contributed by atoms with E-state index in [1.807, 2.05) is 47.0 Å². The molecule has 3 heterocycles. The third-order valence-corrected chi connectivity index (χ3v) is 5.88. The van der Waals surface area contributed by atoms with Crippen LogP contribution in [0.15, 0.2) is 36.4 Å². The second kappa shape index (κ2) is 7.22. The predicted octanol–water partition coefficient (Wildman–Crippen LogP) is 4.38. The number of amides is 1. The van der Waals surface area contributed by atoms with Crippen molar-refractivity contribution < 1.29 is 9.53 Å². The van der Waals surface area contributed by atoms with Gasteiger partial charge in [0.25, 0.3) is 0 Å². The zero-order valence-corrected chi connectivity index (χ0v) is 16.3. The number of hydrogen-bond acceptors (Lipinski definition) is 3. The van der Waals surface area contributed by atoms with Gasteiger partial charge in [-0.1, -0.05) is 36.4 Å². The van der Waals surface area contributed by atoms with Crippen LogP contribution < -0.4 is 0 Å². The summed E-state index contributed by atoms with van der Waals surface area (Å²) < 4.78 is 7.58. The molecule has 2 unspecified atom stereocenters. The Balaban J connectivity index is 1.54. The Morgan fingerprint density at radius 1 is 1.22 bits per heavy atom. The summed E-state index contributed by atoms with van der Waals surface area (Å²) in [7, 11) is 1.99. The second-order valence-electron chi connectivity index (χ2n) is 7.66. The minimum absolute atomic E-state index is 0.120. The van der Waals surface area contributed by atoms with Gasteiger partial charge in [0.15, 0.2) is 0 Å². The van der Waals surface area contributed by atoms with E-state index in [1.54, 1.807) is 0 Å². The fourth-order valence-corrected chi connectivity index (χ4v) is 4.53. The summed E-state index contributed by atoms with van der Waals surface area (Å²) in [5.74, 6) is 0. The largest absolute Gasteiger partial charge is 0.445 e. The number of hydrogen-bond donors (Lipinski definition) is 0. The molecule has 2 aliphatic heterocycles. The molecule has 0 N–H and O–H groups in total. The maximum Gasteiger partial charge on any atom is 0.410 e. The van der Waals surface area contributed by atoms with Crippen LogP contribution in [0.25, 0.3) is 5.57 Å². The molecule has 0 saturated carbocycles. The number of ether oxygens (including phenoxy) is 1. The van der Waals surface area contributed by atoms with Crippen molar-refractivity contribution in [3.8, 4) is 0 Å². The number of aryl methyl sites for hydroxylation is 2. The molecule has 1 aromatic heterocycles. The van der Waals surface area contributed by atoms with Crippen molar-refractivity contribution in [2.24, 2.45) is 7.05 Å². The summed E-state index contributed by atoms with van der Waals surface area (Å²) in [5.41, 5.74) is 5.87. The highest BCUT2D eigenvalue weighted by Gasteiger charge is 2.39. The predicted molar refractivity (Wildman–Crippen MR) is 105 cm³/mol. The van der Waals surface area contributed by atoms with Gasteiger partial charge in [0.1, 0.15) is 6.61 Å². The van der Waals surface area contributed by atoms with Crippen molar-refractivity contribution >= 4 is 11.7 Å². The zero-order chi connectivity index (χ0) is 19.0. The Morgan fingerprint density at radius 3 is 2.67 bits per heavy atom. The quantitative estimate of drug-likeness (QED) is 0.811. The molecule has 1 aromatic carbocycles. The standard InChI is InChI=1S/C22H27N3O2/c1-15-21(16(2)24(3)23-15)18-12-19-10-7-11-20(13-18)25(19)22(26)27-14-17-8-5-4-6-9-17/h4-6,8-9,12,19-20H,7,10-11,13-14H2,1-3H3. The van der Waals surface area contributed by atoms with Crippen LogP contribution in [0.4, 0.5) is 4.79 Å². The number of benzene rings is 1. The van der Waals surface area contributed by atoms with Crippen molar-refractivity contribution in [3.63, 3.8) is 0 Å². The molecule has 1 saturated heterocycles. The lowest BCUT2D eigenvalue weighted by atomic mass is 9.82. The summed E-state index contributed by atoms with van der Waals surface area (Å²) in [5, 5.41) is 4.57. The van der Waals surface area contributed by atoms with Crippen LogP contribution in [0.2, 0.25) is 0 Å². The monoisotopic (exact) mass is 365 g/mol. The number of carbonyl (C=O) groups excluding carboxylic acids is 1. The number of nitrogens with zero attached hydrogens (tertiary/aromatic N) is 3. The number of piperidine rings is 1. The highest BCUT2D eigenvalue weighted by Crippen LogP contribution is 2.39. The Hall–Kier alpha value is -2.56. The summed E-state index contributed by atoms with van der Waals surface area (Å²) >= 11 is 0. The van der Waals surface area contributed by atoms with E-state index in [1.165, 1.54) is 16.8 Å². The molecular formula is C22H27N3O2. The Kier molecular flexibility index (Phi) is 4.77. The lowest BCUT2D eigenvalue weighted by Crippen LogP contribution is -2.51. The Morgan fingerprint density at radius 2 is 2.00 bits per heavy atom. The Labute approximate surface area is 160 Å². The van der Waals surface area contributed by atoms with Gasteiger partial charge in [0.2, 0.25) is 0 Å². The van der Waals surface area contributed by atoms with Crippen LogP contribution in [-0.4, -0.2) is 32.9 Å². The van der Waals surface area contributed by atoms with Crippen molar-refractivity contribution in [2.75, 3.05) is 0 Å². The van der Waals surface area contributed by atoms with E-state index in [2.05, 4.69) is 25.0 Å².